The molecule has 1 heterocycles. The molecule has 8 heteroatoms. The maximum absolute atomic E-state index is 12.5. The van der Waals surface area contributed by atoms with Crippen molar-refractivity contribution in [2.24, 2.45) is 0 Å². The number of hydrogen-bond acceptors (Lipinski definition) is 5. The number of nitrogens with one attached hydrogen (secondary N) is 2. The van der Waals surface area contributed by atoms with E-state index in [4.69, 9.17) is 4.42 Å². The Bertz CT molecular complexity index is 1170. The molecule has 3 rings (SSSR count). The third-order valence-electron chi connectivity index (χ3n) is 3.67. The van der Waals surface area contributed by atoms with Crippen LogP contribution < -0.4 is 15.7 Å². The lowest BCUT2D eigenvalue weighted by Crippen LogP contribution is -2.30. The molecule has 1 amide bonds. The number of amides is 1. The molecule has 0 saturated carbocycles. The van der Waals surface area contributed by atoms with Crippen molar-refractivity contribution in [1.29, 1.82) is 0 Å². The van der Waals surface area contributed by atoms with E-state index in [1.165, 1.54) is 30.3 Å². The molecular weight excluding hydrogens is 368 g/mol. The van der Waals surface area contributed by atoms with Gasteiger partial charge in [-0.2, -0.15) is 0 Å². The minimum Gasteiger partial charge on any atom is -0.423 e. The third kappa shape index (κ3) is 4.42. The SMILES string of the molecule is CC(C)NS(=O)(=O)c1cccc(C(=O)Nc2ccc3oc(=O)ccc3c2)c1. The Hall–Kier alpha value is -2.97. The van der Waals surface area contributed by atoms with Crippen LogP contribution in [0.25, 0.3) is 11.0 Å². The number of rotatable bonds is 5. The maximum Gasteiger partial charge on any atom is 0.336 e. The van der Waals surface area contributed by atoms with Gasteiger partial charge in [0.15, 0.2) is 0 Å². The van der Waals surface area contributed by atoms with Crippen LogP contribution in [0, 0.1) is 0 Å². The summed E-state index contributed by atoms with van der Waals surface area (Å²) in [6, 6.07) is 13.3. The van der Waals surface area contributed by atoms with Crippen molar-refractivity contribution in [2.45, 2.75) is 24.8 Å². The molecule has 0 aliphatic carbocycles. The lowest BCUT2D eigenvalue weighted by molar-refractivity contribution is 0.102. The van der Waals surface area contributed by atoms with Gasteiger partial charge in [0, 0.05) is 28.7 Å². The number of sulfonamides is 1. The van der Waals surface area contributed by atoms with Crippen LogP contribution in [0.4, 0.5) is 5.69 Å². The highest BCUT2D eigenvalue weighted by molar-refractivity contribution is 7.89. The Morgan fingerprint density at radius 1 is 1.04 bits per heavy atom. The first-order chi connectivity index (χ1) is 12.7. The fourth-order valence-corrected chi connectivity index (χ4v) is 3.83. The van der Waals surface area contributed by atoms with E-state index in [9.17, 15) is 18.0 Å². The molecule has 3 aromatic rings. The van der Waals surface area contributed by atoms with E-state index in [-0.39, 0.29) is 16.5 Å². The summed E-state index contributed by atoms with van der Waals surface area (Å²) in [5.41, 5.74) is 0.664. The van der Waals surface area contributed by atoms with Gasteiger partial charge in [0.25, 0.3) is 5.91 Å². The van der Waals surface area contributed by atoms with Crippen molar-refractivity contribution in [3.05, 3.63) is 70.6 Å². The number of anilines is 1. The van der Waals surface area contributed by atoms with Crippen molar-refractivity contribution in [1.82, 2.24) is 4.72 Å². The van der Waals surface area contributed by atoms with Crippen molar-refractivity contribution >= 4 is 32.6 Å². The van der Waals surface area contributed by atoms with Crippen LogP contribution in [-0.4, -0.2) is 20.4 Å². The van der Waals surface area contributed by atoms with E-state index in [0.29, 0.717) is 16.7 Å². The van der Waals surface area contributed by atoms with Crippen LogP contribution in [0.1, 0.15) is 24.2 Å². The Kier molecular flexibility index (Phi) is 5.11. The van der Waals surface area contributed by atoms with E-state index >= 15 is 0 Å². The second-order valence-corrected chi connectivity index (χ2v) is 7.98. The van der Waals surface area contributed by atoms with Gasteiger partial charge in [0.05, 0.1) is 4.90 Å². The Labute approximate surface area is 156 Å². The van der Waals surface area contributed by atoms with Crippen molar-refractivity contribution < 1.29 is 17.6 Å². The van der Waals surface area contributed by atoms with Gasteiger partial charge < -0.3 is 9.73 Å². The van der Waals surface area contributed by atoms with Gasteiger partial charge in [-0.05, 0) is 56.3 Å². The normalized spacial score (nSPS) is 11.7. The van der Waals surface area contributed by atoms with Gasteiger partial charge in [-0.25, -0.2) is 17.9 Å². The van der Waals surface area contributed by atoms with E-state index in [1.807, 2.05) is 0 Å². The molecule has 140 valence electrons. The molecule has 2 aromatic carbocycles. The summed E-state index contributed by atoms with van der Waals surface area (Å²) in [4.78, 5) is 23.7. The first kappa shape index (κ1) is 18.8. The topological polar surface area (TPSA) is 105 Å². The van der Waals surface area contributed by atoms with Crippen molar-refractivity contribution in [3.8, 4) is 0 Å². The predicted molar refractivity (Wildman–Crippen MR) is 102 cm³/mol. The van der Waals surface area contributed by atoms with Crippen molar-refractivity contribution in [2.75, 3.05) is 5.32 Å². The molecule has 27 heavy (non-hydrogen) atoms. The van der Waals surface area contributed by atoms with E-state index in [0.717, 1.165) is 0 Å². The molecule has 0 saturated heterocycles. The Morgan fingerprint density at radius 3 is 2.56 bits per heavy atom. The average molecular weight is 386 g/mol. The summed E-state index contributed by atoms with van der Waals surface area (Å²) in [6.07, 6.45) is 0. The summed E-state index contributed by atoms with van der Waals surface area (Å²) in [5.74, 6) is -0.451. The molecule has 7 nitrogen and oxygen atoms in total. The fraction of sp³-hybridized carbons (Fsp3) is 0.158. The summed E-state index contributed by atoms with van der Waals surface area (Å²) in [7, 11) is -3.69. The molecule has 0 atom stereocenters. The molecule has 1 aromatic heterocycles. The number of benzene rings is 2. The van der Waals surface area contributed by atoms with E-state index in [2.05, 4.69) is 10.0 Å². The molecule has 0 spiro atoms. The summed E-state index contributed by atoms with van der Waals surface area (Å²) >= 11 is 0. The fourth-order valence-electron chi connectivity index (χ4n) is 2.54. The lowest BCUT2D eigenvalue weighted by Gasteiger charge is -2.11. The minimum atomic E-state index is -3.69. The smallest absolute Gasteiger partial charge is 0.336 e. The number of carbonyl (C=O) groups excluding carboxylic acids is 1. The van der Waals surface area contributed by atoms with Gasteiger partial charge >= 0.3 is 5.63 Å². The van der Waals surface area contributed by atoms with Crippen LogP contribution >= 0.6 is 0 Å². The van der Waals surface area contributed by atoms with Crippen LogP contribution in [-0.2, 0) is 10.0 Å². The van der Waals surface area contributed by atoms with E-state index in [1.54, 1.807) is 38.1 Å². The summed E-state index contributed by atoms with van der Waals surface area (Å²) in [6.45, 7) is 3.44. The Morgan fingerprint density at radius 2 is 1.81 bits per heavy atom. The zero-order valence-electron chi connectivity index (χ0n) is 14.7. The molecule has 0 aliphatic rings. The lowest BCUT2D eigenvalue weighted by atomic mass is 10.2. The van der Waals surface area contributed by atoms with Crippen LogP contribution in [0.15, 0.2) is 68.7 Å². The molecule has 0 bridgehead atoms. The molecule has 0 aliphatic heterocycles. The van der Waals surface area contributed by atoms with Crippen LogP contribution in [0.3, 0.4) is 0 Å². The highest BCUT2D eigenvalue weighted by atomic mass is 32.2. The first-order valence-electron chi connectivity index (χ1n) is 8.22. The predicted octanol–water partition coefficient (Wildman–Crippen LogP) is 2.73. The second kappa shape index (κ2) is 7.34. The van der Waals surface area contributed by atoms with E-state index < -0.39 is 21.6 Å². The van der Waals surface area contributed by atoms with Gasteiger partial charge in [0.2, 0.25) is 10.0 Å². The van der Waals surface area contributed by atoms with Gasteiger partial charge in [-0.1, -0.05) is 6.07 Å². The highest BCUT2D eigenvalue weighted by Crippen LogP contribution is 2.19. The van der Waals surface area contributed by atoms with Crippen LogP contribution in [0.2, 0.25) is 0 Å². The number of fused-ring (bicyclic) bond motifs is 1. The highest BCUT2D eigenvalue weighted by Gasteiger charge is 2.17. The number of hydrogen-bond donors (Lipinski definition) is 2. The maximum atomic E-state index is 12.5. The van der Waals surface area contributed by atoms with Crippen LogP contribution in [0.5, 0.6) is 0 Å². The summed E-state index contributed by atoms with van der Waals surface area (Å²) < 4.78 is 32.1. The van der Waals surface area contributed by atoms with Gasteiger partial charge in [0.1, 0.15) is 5.58 Å². The van der Waals surface area contributed by atoms with Gasteiger partial charge in [-0.15, -0.1) is 0 Å². The first-order valence-corrected chi connectivity index (χ1v) is 9.70. The zero-order chi connectivity index (χ0) is 19.6. The number of carbonyl (C=O) groups is 1. The molecule has 2 N–H and O–H groups in total. The Balaban J connectivity index is 1.85. The van der Waals surface area contributed by atoms with Crippen molar-refractivity contribution in [3.63, 3.8) is 0 Å². The largest absolute Gasteiger partial charge is 0.423 e. The third-order valence-corrected chi connectivity index (χ3v) is 5.33. The quantitative estimate of drug-likeness (QED) is 0.656. The monoisotopic (exact) mass is 386 g/mol. The second-order valence-electron chi connectivity index (χ2n) is 6.26. The summed E-state index contributed by atoms with van der Waals surface area (Å²) in [5, 5.41) is 3.37. The molecule has 0 unspecified atom stereocenters. The zero-order valence-corrected chi connectivity index (χ0v) is 15.5. The molecule has 0 fully saturated rings. The van der Waals surface area contributed by atoms with Gasteiger partial charge in [-0.3, -0.25) is 4.79 Å². The molecular formula is C19H18N2O5S. The minimum absolute atomic E-state index is 0.0177. The standard InChI is InChI=1S/C19H18N2O5S/c1-12(2)21-27(24,25)16-5-3-4-14(11-16)19(23)20-15-7-8-17-13(10-15)6-9-18(22)26-17/h3-12,21H,1-2H3,(H,20,23). The average Bonchev–Trinajstić information content (AvgIpc) is 2.61. The molecule has 0 radical (unpaired) electrons.